The first-order chi connectivity index (χ1) is 19.7. The van der Waals surface area contributed by atoms with E-state index in [1.165, 1.54) is 9.80 Å². The Morgan fingerprint density at radius 1 is 1.17 bits per heavy atom. The summed E-state index contributed by atoms with van der Waals surface area (Å²) in [6.45, 7) is 0.342. The fraction of sp³-hybridized carbons (Fsp3) is 0.500. The first-order valence-electron chi connectivity index (χ1n) is 13.4. The van der Waals surface area contributed by atoms with Crippen molar-refractivity contribution in [1.29, 1.82) is 5.26 Å². The molecule has 1 aromatic heterocycles. The number of amides is 2. The first kappa shape index (κ1) is 29.9. The van der Waals surface area contributed by atoms with Crippen LogP contribution in [-0.2, 0) is 36.3 Å². The van der Waals surface area contributed by atoms with Crippen LogP contribution in [0, 0.1) is 17.1 Å². The number of likely N-dealkylation sites (tertiary alicyclic amines) is 2. The number of alkyl halides is 4. The van der Waals surface area contributed by atoms with Gasteiger partial charge in [-0.2, -0.15) is 18.4 Å². The molecule has 2 fully saturated rings. The number of carbonyl (C=O) groups excluding carboxylic acids is 2. The number of hydrogen-bond donors (Lipinski definition) is 0. The van der Waals surface area contributed by atoms with Gasteiger partial charge in [0, 0.05) is 31.3 Å². The van der Waals surface area contributed by atoms with Crippen LogP contribution in [0.5, 0.6) is 0 Å². The number of nitriles is 1. The zero-order valence-electron chi connectivity index (χ0n) is 22.5. The lowest BCUT2D eigenvalue weighted by molar-refractivity contribution is -0.228. The zero-order chi connectivity index (χ0) is 30.7. The maximum atomic E-state index is 14.9. The topological polar surface area (TPSA) is 111 Å². The van der Waals surface area contributed by atoms with Crippen molar-refractivity contribution in [2.45, 2.75) is 79.0 Å². The van der Waals surface area contributed by atoms with Gasteiger partial charge in [0.25, 0.3) is 0 Å². The minimum absolute atomic E-state index is 0.00682. The summed E-state index contributed by atoms with van der Waals surface area (Å²) in [5.41, 5.74) is -4.48. The molecule has 2 aliphatic heterocycles. The molecule has 2 saturated heterocycles. The van der Waals surface area contributed by atoms with Crippen molar-refractivity contribution in [2.75, 3.05) is 13.1 Å². The van der Waals surface area contributed by atoms with Gasteiger partial charge < -0.3 is 9.80 Å². The Labute approximate surface area is 239 Å². The largest absolute Gasteiger partial charge is 0.426 e. The van der Waals surface area contributed by atoms with Gasteiger partial charge in [0.2, 0.25) is 17.5 Å². The van der Waals surface area contributed by atoms with Crippen LogP contribution in [0.15, 0.2) is 41.4 Å². The minimum atomic E-state index is -5.25. The quantitative estimate of drug-likeness (QED) is 0.360. The molecule has 8 nitrogen and oxygen atoms in total. The Morgan fingerprint density at radius 2 is 1.86 bits per heavy atom. The molecule has 14 heteroatoms. The second-order valence-corrected chi connectivity index (χ2v) is 13.2. The number of rotatable bonds is 6. The molecule has 0 spiro atoms. The number of carbonyl (C=O) groups is 2. The summed E-state index contributed by atoms with van der Waals surface area (Å²) >= 11 is 0. The molecule has 1 aliphatic carbocycles. The van der Waals surface area contributed by atoms with Crippen molar-refractivity contribution >= 4 is 21.7 Å². The van der Waals surface area contributed by atoms with E-state index in [-0.39, 0.29) is 73.7 Å². The molecule has 0 N–H and O–H groups in total. The molecule has 2 amide bonds. The molecule has 0 bridgehead atoms. The summed E-state index contributed by atoms with van der Waals surface area (Å²) in [4.78, 5) is 33.0. The lowest BCUT2D eigenvalue weighted by atomic mass is 9.80. The fourth-order valence-corrected chi connectivity index (χ4v) is 8.80. The molecule has 0 saturated carbocycles. The highest BCUT2D eigenvalue weighted by atomic mass is 32.2. The summed E-state index contributed by atoms with van der Waals surface area (Å²) < 4.78 is 96.0. The number of pyridine rings is 1. The molecule has 1 aromatic carbocycles. The highest BCUT2D eigenvalue weighted by Crippen LogP contribution is 2.53. The summed E-state index contributed by atoms with van der Waals surface area (Å²) in [6, 6.07) is 5.09. The first-order valence-corrected chi connectivity index (χ1v) is 14.9. The monoisotopic (exact) mass is 610 g/mol. The van der Waals surface area contributed by atoms with E-state index in [9.17, 15) is 40.0 Å². The third-order valence-corrected chi connectivity index (χ3v) is 11.3. The third kappa shape index (κ3) is 4.44. The van der Waals surface area contributed by atoms with Gasteiger partial charge >= 0.3 is 6.18 Å². The number of hydrogen-bond acceptors (Lipinski definition) is 6. The van der Waals surface area contributed by atoms with Gasteiger partial charge in [-0.3, -0.25) is 14.6 Å². The van der Waals surface area contributed by atoms with E-state index in [2.05, 4.69) is 4.98 Å². The zero-order valence-corrected chi connectivity index (χ0v) is 23.3. The number of halogens is 5. The van der Waals surface area contributed by atoms with Crippen LogP contribution in [0.4, 0.5) is 22.0 Å². The smallest absolute Gasteiger partial charge is 0.336 e. The molecule has 3 unspecified atom stereocenters. The van der Waals surface area contributed by atoms with Crippen molar-refractivity contribution in [3.05, 3.63) is 59.2 Å². The minimum Gasteiger partial charge on any atom is -0.336 e. The SMILES string of the molecule is CC(F)(c1cnc2c(c1)CCC1N(C(=O)[C@@H]3CCC(=O)N3CCC#N)CCC21S(=O)(=O)c1ccc(F)cc1)C(F)(F)F. The van der Waals surface area contributed by atoms with E-state index in [0.717, 1.165) is 30.3 Å². The van der Waals surface area contributed by atoms with E-state index >= 15 is 0 Å². The van der Waals surface area contributed by atoms with E-state index < -0.39 is 55.8 Å². The Kier molecular flexibility index (Phi) is 7.32. The molecule has 224 valence electrons. The molecule has 3 heterocycles. The van der Waals surface area contributed by atoms with Crippen molar-refractivity contribution in [2.24, 2.45) is 0 Å². The maximum Gasteiger partial charge on any atom is 0.426 e. The van der Waals surface area contributed by atoms with Crippen molar-refractivity contribution in [3.63, 3.8) is 0 Å². The standard InChI is InChI=1S/C28H27F5N4O4S/c1-26(30,28(31,32)33)18-15-17-3-9-22-27(24(17)35-16-18,42(40,41)20-6-4-19(29)5-7-20)11-14-37(22)25(39)21-8-10-23(38)36(21)13-2-12-34/h4-7,15-16,21-22H,2-3,8-11,13-14H2,1H3/t21-,22?,26?,27?/m0/s1. The van der Waals surface area contributed by atoms with E-state index in [1.54, 1.807) is 0 Å². The van der Waals surface area contributed by atoms with Crippen LogP contribution in [0.25, 0.3) is 0 Å². The Bertz CT molecular complexity index is 1570. The molecule has 3 aliphatic rings. The van der Waals surface area contributed by atoms with E-state index in [4.69, 9.17) is 5.26 Å². The molecule has 5 rings (SSSR count). The predicted octanol–water partition coefficient (Wildman–Crippen LogP) is 4.09. The van der Waals surface area contributed by atoms with Crippen molar-refractivity contribution < 1.29 is 40.0 Å². The van der Waals surface area contributed by atoms with Gasteiger partial charge in [0.05, 0.1) is 29.1 Å². The number of sulfone groups is 1. The second kappa shape index (κ2) is 10.3. The average molecular weight is 611 g/mol. The van der Waals surface area contributed by atoms with Crippen LogP contribution in [0.3, 0.4) is 0 Å². The molecule has 2 aromatic rings. The Morgan fingerprint density at radius 3 is 2.50 bits per heavy atom. The fourth-order valence-electron chi connectivity index (χ4n) is 6.48. The average Bonchev–Trinajstić information content (AvgIpc) is 3.52. The summed E-state index contributed by atoms with van der Waals surface area (Å²) in [6.07, 6.45) is -4.42. The Balaban J connectivity index is 1.62. The van der Waals surface area contributed by atoms with Crippen LogP contribution in [-0.4, -0.2) is 66.4 Å². The molecular formula is C28H27F5N4O4S. The van der Waals surface area contributed by atoms with Gasteiger partial charge in [-0.15, -0.1) is 0 Å². The summed E-state index contributed by atoms with van der Waals surface area (Å²) in [5.74, 6) is -1.47. The second-order valence-electron chi connectivity index (χ2n) is 11.0. The van der Waals surface area contributed by atoms with Crippen molar-refractivity contribution in [3.8, 4) is 6.07 Å². The maximum absolute atomic E-state index is 14.9. The number of benzene rings is 1. The van der Waals surface area contributed by atoms with Crippen molar-refractivity contribution in [1.82, 2.24) is 14.8 Å². The molecular weight excluding hydrogens is 583 g/mol. The summed E-state index contributed by atoms with van der Waals surface area (Å²) in [5, 5.41) is 8.99. The van der Waals surface area contributed by atoms with Gasteiger partial charge in [-0.05, 0) is 68.5 Å². The highest BCUT2D eigenvalue weighted by molar-refractivity contribution is 7.92. The number of fused-ring (bicyclic) bond motifs is 3. The molecule has 4 atom stereocenters. The van der Waals surface area contributed by atoms with E-state index in [0.29, 0.717) is 13.1 Å². The molecule has 42 heavy (non-hydrogen) atoms. The lowest BCUT2D eigenvalue weighted by Crippen LogP contribution is -2.55. The Hall–Kier alpha value is -3.60. The van der Waals surface area contributed by atoms with Crippen LogP contribution >= 0.6 is 0 Å². The van der Waals surface area contributed by atoms with E-state index in [1.807, 2.05) is 6.07 Å². The van der Waals surface area contributed by atoms with Crippen LogP contribution in [0.1, 0.15) is 55.8 Å². The highest BCUT2D eigenvalue weighted by Gasteiger charge is 2.63. The predicted molar refractivity (Wildman–Crippen MR) is 137 cm³/mol. The summed E-state index contributed by atoms with van der Waals surface area (Å²) in [7, 11) is -4.46. The third-order valence-electron chi connectivity index (χ3n) is 8.73. The van der Waals surface area contributed by atoms with Gasteiger partial charge in [0.15, 0.2) is 9.84 Å². The molecule has 0 radical (unpaired) electrons. The number of nitrogens with zero attached hydrogens (tertiary/aromatic N) is 4. The van der Waals surface area contributed by atoms with Gasteiger partial charge in [-0.1, -0.05) is 0 Å². The van der Waals surface area contributed by atoms with Gasteiger partial charge in [0.1, 0.15) is 16.6 Å². The lowest BCUT2D eigenvalue weighted by Gasteiger charge is -2.42. The van der Waals surface area contributed by atoms with Gasteiger partial charge in [-0.25, -0.2) is 17.2 Å². The normalized spacial score (nSPS) is 25.5. The number of aryl methyl sites for hydroxylation is 1. The van der Waals surface area contributed by atoms with Crippen LogP contribution in [0.2, 0.25) is 0 Å². The van der Waals surface area contributed by atoms with Crippen LogP contribution < -0.4 is 0 Å². The number of aromatic nitrogens is 1.